The number of nitrogen functional groups attached to an aromatic ring is 1. The van der Waals surface area contributed by atoms with E-state index in [0.717, 1.165) is 48.1 Å². The number of aryl methyl sites for hydroxylation is 1. The largest absolute Gasteiger partial charge is 0.398 e. The minimum atomic E-state index is 0.102. The number of nitrogens with two attached hydrogens (primary N) is 1. The fourth-order valence-electron chi connectivity index (χ4n) is 3.97. The van der Waals surface area contributed by atoms with Gasteiger partial charge >= 0.3 is 0 Å². The van der Waals surface area contributed by atoms with Gasteiger partial charge in [-0.2, -0.15) is 0 Å². The van der Waals surface area contributed by atoms with Gasteiger partial charge in [0.1, 0.15) is 0 Å². The molecule has 1 amide bonds. The number of hydrogen-bond acceptors (Lipinski definition) is 5. The number of nitrogens with one attached hydrogen (secondary N) is 2. The quantitative estimate of drug-likeness (QED) is 0.370. The number of hydrogen-bond donors (Lipinski definition) is 3. The molecule has 2 heterocycles. The average molecular weight is 451 g/mol. The first kappa shape index (κ1) is 21.9. The van der Waals surface area contributed by atoms with Gasteiger partial charge in [0, 0.05) is 47.9 Å². The Morgan fingerprint density at radius 1 is 1.31 bits per heavy atom. The van der Waals surface area contributed by atoms with Gasteiger partial charge in [-0.15, -0.1) is 5.10 Å². The van der Waals surface area contributed by atoms with Crippen molar-refractivity contribution in [2.75, 3.05) is 24.1 Å². The molecule has 0 radical (unpaired) electrons. The van der Waals surface area contributed by atoms with E-state index in [9.17, 15) is 4.79 Å². The SMILES string of the molecule is Cc1cn(-c2ccc3c(c2)CCN(CC(C)C)C3=O)nc1Nc1ccc(N)c(C=N)c1Cl. The molecule has 1 aliphatic rings. The zero-order valence-corrected chi connectivity index (χ0v) is 19.2. The molecule has 0 aliphatic carbocycles. The molecular weight excluding hydrogens is 424 g/mol. The second kappa shape index (κ2) is 8.67. The van der Waals surface area contributed by atoms with Crippen LogP contribution in [0.3, 0.4) is 0 Å². The molecule has 3 aromatic rings. The first-order valence-electron chi connectivity index (χ1n) is 10.6. The lowest BCUT2D eigenvalue weighted by atomic mass is 9.97. The van der Waals surface area contributed by atoms with Crippen LogP contribution in [0.25, 0.3) is 5.69 Å². The lowest BCUT2D eigenvalue weighted by molar-refractivity contribution is 0.0720. The van der Waals surface area contributed by atoms with Gasteiger partial charge in [0.15, 0.2) is 5.82 Å². The topological polar surface area (TPSA) is 100 Å². The number of amides is 1. The molecule has 0 atom stereocenters. The Morgan fingerprint density at radius 2 is 2.09 bits per heavy atom. The van der Waals surface area contributed by atoms with Crippen LogP contribution in [-0.2, 0) is 6.42 Å². The second-order valence-corrected chi connectivity index (χ2v) is 8.92. The highest BCUT2D eigenvalue weighted by Gasteiger charge is 2.25. The van der Waals surface area contributed by atoms with E-state index in [0.29, 0.717) is 33.7 Å². The summed E-state index contributed by atoms with van der Waals surface area (Å²) in [6, 6.07) is 9.35. The summed E-state index contributed by atoms with van der Waals surface area (Å²) in [6.45, 7) is 7.73. The number of carbonyl (C=O) groups excluding carboxylic acids is 1. The van der Waals surface area contributed by atoms with Gasteiger partial charge in [-0.25, -0.2) is 4.68 Å². The van der Waals surface area contributed by atoms with Crippen LogP contribution in [-0.4, -0.2) is 39.9 Å². The Bertz CT molecular complexity index is 1200. The molecule has 166 valence electrons. The number of aromatic nitrogens is 2. The minimum Gasteiger partial charge on any atom is -0.398 e. The summed E-state index contributed by atoms with van der Waals surface area (Å²) in [6.07, 6.45) is 3.91. The standard InChI is InChI=1S/C24H27ClN6O/c1-14(2)12-30-9-8-16-10-17(4-5-18(16)24(30)32)31-13-15(3)23(29-31)28-21-7-6-20(27)19(11-26)22(21)25/h4-7,10-11,13-14,26H,8-9,12,27H2,1-3H3,(H,28,29). The van der Waals surface area contributed by atoms with Crippen molar-refractivity contribution in [1.29, 1.82) is 5.41 Å². The summed E-state index contributed by atoms with van der Waals surface area (Å²) in [5.74, 6) is 1.21. The van der Waals surface area contributed by atoms with Gasteiger partial charge in [-0.1, -0.05) is 25.4 Å². The molecule has 0 saturated heterocycles. The van der Waals surface area contributed by atoms with Crippen molar-refractivity contribution < 1.29 is 4.79 Å². The second-order valence-electron chi connectivity index (χ2n) is 8.54. The molecule has 1 aliphatic heterocycles. The summed E-state index contributed by atoms with van der Waals surface area (Å²) in [5, 5.41) is 15.8. The van der Waals surface area contributed by atoms with Crippen molar-refractivity contribution >= 4 is 40.9 Å². The molecule has 0 saturated carbocycles. The zero-order valence-electron chi connectivity index (χ0n) is 18.4. The van der Waals surface area contributed by atoms with E-state index in [2.05, 4.69) is 24.3 Å². The molecule has 0 fully saturated rings. The third-order valence-corrected chi connectivity index (χ3v) is 6.02. The van der Waals surface area contributed by atoms with Gasteiger partial charge in [-0.3, -0.25) is 4.79 Å². The van der Waals surface area contributed by atoms with Crippen molar-refractivity contribution in [1.82, 2.24) is 14.7 Å². The maximum Gasteiger partial charge on any atom is 0.254 e. The van der Waals surface area contributed by atoms with Gasteiger partial charge < -0.3 is 21.4 Å². The number of carbonyl (C=O) groups is 1. The molecule has 2 aromatic carbocycles. The van der Waals surface area contributed by atoms with E-state index >= 15 is 0 Å². The van der Waals surface area contributed by atoms with Gasteiger partial charge in [-0.05, 0) is 55.2 Å². The molecule has 4 N–H and O–H groups in total. The van der Waals surface area contributed by atoms with Crippen molar-refractivity contribution in [2.45, 2.75) is 27.2 Å². The maximum absolute atomic E-state index is 12.8. The summed E-state index contributed by atoms with van der Waals surface area (Å²) in [7, 11) is 0. The molecule has 8 heteroatoms. The Labute approximate surface area is 192 Å². The predicted octanol–water partition coefficient (Wildman–Crippen LogP) is 4.81. The monoisotopic (exact) mass is 450 g/mol. The first-order chi connectivity index (χ1) is 15.3. The van der Waals surface area contributed by atoms with Crippen molar-refractivity contribution in [3.8, 4) is 5.69 Å². The molecule has 32 heavy (non-hydrogen) atoms. The van der Waals surface area contributed by atoms with Crippen molar-refractivity contribution in [3.05, 3.63) is 63.8 Å². The highest BCUT2D eigenvalue weighted by molar-refractivity contribution is 6.36. The number of benzene rings is 2. The molecule has 1 aromatic heterocycles. The normalized spacial score (nSPS) is 13.4. The summed E-state index contributed by atoms with van der Waals surface area (Å²) < 4.78 is 1.80. The Hall–Kier alpha value is -3.32. The van der Waals surface area contributed by atoms with Crippen LogP contribution in [0.1, 0.15) is 40.9 Å². The van der Waals surface area contributed by atoms with E-state index in [1.165, 1.54) is 0 Å². The van der Waals surface area contributed by atoms with E-state index in [-0.39, 0.29) is 5.91 Å². The van der Waals surface area contributed by atoms with E-state index in [1.807, 2.05) is 36.2 Å². The van der Waals surface area contributed by atoms with Crippen LogP contribution in [0.5, 0.6) is 0 Å². The fraction of sp³-hybridized carbons (Fsp3) is 0.292. The lowest BCUT2D eigenvalue weighted by Gasteiger charge is -2.30. The Kier molecular flexibility index (Phi) is 5.93. The minimum absolute atomic E-state index is 0.102. The zero-order chi connectivity index (χ0) is 23.0. The predicted molar refractivity (Wildman–Crippen MR) is 130 cm³/mol. The fourth-order valence-corrected chi connectivity index (χ4v) is 4.25. The molecule has 7 nitrogen and oxygen atoms in total. The van der Waals surface area contributed by atoms with Crippen LogP contribution in [0, 0.1) is 18.3 Å². The van der Waals surface area contributed by atoms with Gasteiger partial charge in [0.05, 0.1) is 16.4 Å². The van der Waals surface area contributed by atoms with Crippen LogP contribution >= 0.6 is 11.6 Å². The first-order valence-corrected chi connectivity index (χ1v) is 11.0. The molecule has 4 rings (SSSR count). The smallest absolute Gasteiger partial charge is 0.254 e. The Balaban J connectivity index is 1.60. The number of nitrogens with zero attached hydrogens (tertiary/aromatic N) is 3. The molecule has 0 unspecified atom stereocenters. The highest BCUT2D eigenvalue weighted by atomic mass is 35.5. The van der Waals surface area contributed by atoms with E-state index in [4.69, 9.17) is 22.7 Å². The van der Waals surface area contributed by atoms with Crippen LogP contribution in [0.4, 0.5) is 17.2 Å². The third kappa shape index (κ3) is 4.08. The molecule has 0 spiro atoms. The van der Waals surface area contributed by atoms with Crippen molar-refractivity contribution in [3.63, 3.8) is 0 Å². The highest BCUT2D eigenvalue weighted by Crippen LogP contribution is 2.32. The van der Waals surface area contributed by atoms with Crippen LogP contribution in [0.15, 0.2) is 36.5 Å². The van der Waals surface area contributed by atoms with Crippen LogP contribution in [0.2, 0.25) is 5.02 Å². The Morgan fingerprint density at radius 3 is 2.81 bits per heavy atom. The molecular formula is C24H27ClN6O. The number of halogens is 1. The van der Waals surface area contributed by atoms with Gasteiger partial charge in [0.25, 0.3) is 5.91 Å². The van der Waals surface area contributed by atoms with Gasteiger partial charge in [0.2, 0.25) is 0 Å². The van der Waals surface area contributed by atoms with E-state index < -0.39 is 0 Å². The lowest BCUT2D eigenvalue weighted by Crippen LogP contribution is -2.39. The number of fused-ring (bicyclic) bond motifs is 1. The van der Waals surface area contributed by atoms with E-state index in [1.54, 1.807) is 16.8 Å². The van der Waals surface area contributed by atoms with Crippen molar-refractivity contribution in [2.24, 2.45) is 5.92 Å². The summed E-state index contributed by atoms with van der Waals surface area (Å²) >= 11 is 6.41. The van der Waals surface area contributed by atoms with Crippen LogP contribution < -0.4 is 11.1 Å². The third-order valence-electron chi connectivity index (χ3n) is 5.62. The molecule has 0 bridgehead atoms. The average Bonchev–Trinajstić information content (AvgIpc) is 3.12. The summed E-state index contributed by atoms with van der Waals surface area (Å²) in [5.41, 5.74) is 11.1. The summed E-state index contributed by atoms with van der Waals surface area (Å²) in [4.78, 5) is 14.8. The number of rotatable bonds is 6. The maximum atomic E-state index is 12.8. The number of anilines is 3.